The molecule has 1 fully saturated rings. The molecule has 2 aromatic rings. The van der Waals surface area contributed by atoms with Gasteiger partial charge in [0.15, 0.2) is 0 Å². The Morgan fingerprint density at radius 1 is 1.27 bits per heavy atom. The molecule has 0 saturated heterocycles. The number of nitrogens with zero attached hydrogens (tertiary/aromatic N) is 1. The Morgan fingerprint density at radius 3 is 2.65 bits per heavy atom. The monoisotopic (exact) mass is 393 g/mol. The Hall–Kier alpha value is -1.62. The fourth-order valence-electron chi connectivity index (χ4n) is 3.70. The summed E-state index contributed by atoms with van der Waals surface area (Å²) in [7, 11) is 0. The van der Waals surface area contributed by atoms with Crippen LogP contribution in [0.5, 0.6) is 0 Å². The summed E-state index contributed by atoms with van der Waals surface area (Å²) in [5.41, 5.74) is 8.27. The van der Waals surface area contributed by atoms with Gasteiger partial charge in [-0.25, -0.2) is 0 Å². The number of nitrogens with one attached hydrogen (secondary N) is 1. The normalized spacial score (nSPS) is 22.3. The van der Waals surface area contributed by atoms with Crippen LogP contribution in [0, 0.1) is 5.92 Å². The van der Waals surface area contributed by atoms with Crippen LogP contribution >= 0.6 is 24.0 Å². The van der Waals surface area contributed by atoms with Crippen LogP contribution in [0.2, 0.25) is 5.02 Å². The molecule has 1 aliphatic carbocycles. The van der Waals surface area contributed by atoms with E-state index in [4.69, 9.17) is 17.3 Å². The van der Waals surface area contributed by atoms with E-state index in [1.807, 2.05) is 30.3 Å². The Bertz CT molecular complexity index is 716. The first-order chi connectivity index (χ1) is 12.1. The molecule has 0 spiro atoms. The highest BCUT2D eigenvalue weighted by atomic mass is 35.5. The maximum atomic E-state index is 12.5. The van der Waals surface area contributed by atoms with Crippen LogP contribution < -0.4 is 11.1 Å². The van der Waals surface area contributed by atoms with Gasteiger partial charge in [-0.3, -0.25) is 9.78 Å². The summed E-state index contributed by atoms with van der Waals surface area (Å²) in [5.74, 6) is 0.177. The lowest BCUT2D eigenvalue weighted by atomic mass is 9.66. The van der Waals surface area contributed by atoms with Crippen molar-refractivity contribution in [1.29, 1.82) is 0 Å². The minimum atomic E-state index is -0.0645. The molecule has 26 heavy (non-hydrogen) atoms. The number of hydrogen-bond acceptors (Lipinski definition) is 3. The number of amides is 1. The smallest absolute Gasteiger partial charge is 0.223 e. The van der Waals surface area contributed by atoms with E-state index in [0.29, 0.717) is 13.1 Å². The number of rotatable bonds is 5. The first-order valence-corrected chi connectivity index (χ1v) is 9.13. The summed E-state index contributed by atoms with van der Waals surface area (Å²) in [6.45, 7) is 1.11. The van der Waals surface area contributed by atoms with Crippen LogP contribution in [0.3, 0.4) is 0 Å². The molecule has 1 aliphatic rings. The van der Waals surface area contributed by atoms with Crippen molar-refractivity contribution in [3.8, 4) is 0 Å². The van der Waals surface area contributed by atoms with Crippen LogP contribution in [0.15, 0.2) is 48.8 Å². The molecule has 1 aromatic heterocycles. The topological polar surface area (TPSA) is 68.0 Å². The van der Waals surface area contributed by atoms with E-state index in [9.17, 15) is 4.79 Å². The lowest BCUT2D eigenvalue weighted by Gasteiger charge is -2.39. The zero-order chi connectivity index (χ0) is 17.7. The number of nitrogens with two attached hydrogens (primary N) is 1. The fourth-order valence-corrected chi connectivity index (χ4v) is 3.89. The van der Waals surface area contributed by atoms with Crippen molar-refractivity contribution in [3.63, 3.8) is 0 Å². The zero-order valence-electron chi connectivity index (χ0n) is 14.7. The standard InChI is InChI=1S/C20H24ClN3O.ClH/c21-18-5-1-4-17(11-18)20(14-22)8-6-16(7-9-20)19(25)24-13-15-3-2-10-23-12-15;/h1-5,10-12,16H,6-9,13-14,22H2,(H,24,25);1H/t16-,20-;. The molecule has 0 unspecified atom stereocenters. The quantitative estimate of drug-likeness (QED) is 0.809. The van der Waals surface area contributed by atoms with E-state index >= 15 is 0 Å². The van der Waals surface area contributed by atoms with E-state index in [0.717, 1.165) is 36.3 Å². The number of carbonyl (C=O) groups is 1. The molecule has 3 N–H and O–H groups in total. The first kappa shape index (κ1) is 20.7. The number of benzene rings is 1. The summed E-state index contributed by atoms with van der Waals surface area (Å²) in [6, 6.07) is 11.8. The van der Waals surface area contributed by atoms with E-state index in [2.05, 4.69) is 16.4 Å². The predicted molar refractivity (Wildman–Crippen MR) is 107 cm³/mol. The van der Waals surface area contributed by atoms with Crippen LogP contribution in [-0.2, 0) is 16.8 Å². The van der Waals surface area contributed by atoms with Gasteiger partial charge in [-0.05, 0) is 55.0 Å². The average Bonchev–Trinajstić information content (AvgIpc) is 2.67. The van der Waals surface area contributed by atoms with Crippen LogP contribution in [0.4, 0.5) is 0 Å². The van der Waals surface area contributed by atoms with Crippen molar-refractivity contribution in [3.05, 3.63) is 64.9 Å². The first-order valence-electron chi connectivity index (χ1n) is 8.76. The van der Waals surface area contributed by atoms with Crippen molar-refractivity contribution in [2.45, 2.75) is 37.6 Å². The number of hydrogen-bond donors (Lipinski definition) is 2. The van der Waals surface area contributed by atoms with Crippen molar-refractivity contribution >= 4 is 29.9 Å². The number of halogens is 2. The second-order valence-corrected chi connectivity index (χ2v) is 7.28. The summed E-state index contributed by atoms with van der Waals surface area (Å²) in [4.78, 5) is 16.5. The van der Waals surface area contributed by atoms with Gasteiger partial charge in [0, 0.05) is 41.8 Å². The minimum Gasteiger partial charge on any atom is -0.352 e. The molecule has 1 heterocycles. The molecule has 0 aliphatic heterocycles. The second kappa shape index (κ2) is 9.36. The van der Waals surface area contributed by atoms with Gasteiger partial charge in [0.25, 0.3) is 0 Å². The van der Waals surface area contributed by atoms with Gasteiger partial charge in [-0.2, -0.15) is 0 Å². The molecule has 1 saturated carbocycles. The zero-order valence-corrected chi connectivity index (χ0v) is 16.2. The van der Waals surface area contributed by atoms with Crippen LogP contribution in [0.1, 0.15) is 36.8 Å². The summed E-state index contributed by atoms with van der Waals surface area (Å²) < 4.78 is 0. The van der Waals surface area contributed by atoms with E-state index in [1.165, 1.54) is 5.56 Å². The van der Waals surface area contributed by atoms with Gasteiger partial charge in [0.05, 0.1) is 0 Å². The minimum absolute atomic E-state index is 0. The summed E-state index contributed by atoms with van der Waals surface area (Å²) >= 11 is 6.15. The molecule has 6 heteroatoms. The number of carbonyl (C=O) groups excluding carboxylic acids is 1. The number of pyridine rings is 1. The summed E-state index contributed by atoms with van der Waals surface area (Å²) in [6.07, 6.45) is 7.03. The Morgan fingerprint density at radius 2 is 2.04 bits per heavy atom. The van der Waals surface area contributed by atoms with Gasteiger partial charge in [-0.15, -0.1) is 12.4 Å². The van der Waals surface area contributed by atoms with Crippen LogP contribution in [0.25, 0.3) is 0 Å². The highest BCUT2D eigenvalue weighted by Gasteiger charge is 2.37. The fraction of sp³-hybridized carbons (Fsp3) is 0.400. The molecular weight excluding hydrogens is 369 g/mol. The highest BCUT2D eigenvalue weighted by molar-refractivity contribution is 6.30. The lowest BCUT2D eigenvalue weighted by molar-refractivity contribution is -0.126. The SMILES string of the molecule is Cl.NC[C@]1(c2cccc(Cl)c2)CC[C@H](C(=O)NCc2cccnc2)CC1. The maximum Gasteiger partial charge on any atom is 0.223 e. The van der Waals surface area contributed by atoms with Crippen LogP contribution in [-0.4, -0.2) is 17.4 Å². The largest absolute Gasteiger partial charge is 0.352 e. The van der Waals surface area contributed by atoms with Crippen molar-refractivity contribution in [1.82, 2.24) is 10.3 Å². The predicted octanol–water partition coefficient (Wildman–Crippen LogP) is 3.86. The number of aromatic nitrogens is 1. The van der Waals surface area contributed by atoms with Gasteiger partial charge < -0.3 is 11.1 Å². The Balaban J connectivity index is 0.00000243. The van der Waals surface area contributed by atoms with Gasteiger partial charge in [0.2, 0.25) is 5.91 Å². The molecule has 3 rings (SSSR count). The molecule has 1 aromatic carbocycles. The molecule has 1 amide bonds. The Kier molecular flexibility index (Phi) is 7.44. The third-order valence-corrected chi connectivity index (χ3v) is 5.57. The summed E-state index contributed by atoms with van der Waals surface area (Å²) in [5, 5.41) is 3.77. The van der Waals surface area contributed by atoms with Crippen molar-refractivity contribution in [2.24, 2.45) is 11.7 Å². The van der Waals surface area contributed by atoms with Crippen molar-refractivity contribution < 1.29 is 4.79 Å². The van der Waals surface area contributed by atoms with Gasteiger partial charge in [-0.1, -0.05) is 29.8 Å². The molecule has 140 valence electrons. The molecule has 0 bridgehead atoms. The molecule has 0 atom stereocenters. The molecule has 0 radical (unpaired) electrons. The third-order valence-electron chi connectivity index (χ3n) is 5.33. The van der Waals surface area contributed by atoms with Gasteiger partial charge in [0.1, 0.15) is 0 Å². The maximum absolute atomic E-state index is 12.5. The molecule has 4 nitrogen and oxygen atoms in total. The van der Waals surface area contributed by atoms with E-state index in [-0.39, 0.29) is 29.6 Å². The second-order valence-electron chi connectivity index (χ2n) is 6.85. The molecular formula is C20H25Cl2N3O. The lowest BCUT2D eigenvalue weighted by Crippen LogP contribution is -2.42. The van der Waals surface area contributed by atoms with Gasteiger partial charge >= 0.3 is 0 Å². The Labute approximate surface area is 165 Å². The van der Waals surface area contributed by atoms with Crippen molar-refractivity contribution in [2.75, 3.05) is 6.54 Å². The average molecular weight is 394 g/mol. The third kappa shape index (κ3) is 4.76. The highest BCUT2D eigenvalue weighted by Crippen LogP contribution is 2.41. The van der Waals surface area contributed by atoms with E-state index < -0.39 is 0 Å². The van der Waals surface area contributed by atoms with E-state index in [1.54, 1.807) is 12.4 Å².